The van der Waals surface area contributed by atoms with Gasteiger partial charge in [0.05, 0.1) is 6.04 Å². The Kier molecular flexibility index (Phi) is 6.50. The summed E-state index contributed by atoms with van der Waals surface area (Å²) < 4.78 is 0. The van der Waals surface area contributed by atoms with E-state index in [1.165, 1.54) is 0 Å². The van der Waals surface area contributed by atoms with Crippen LogP contribution in [-0.2, 0) is 4.79 Å². The molecule has 5 heteroatoms. The van der Waals surface area contributed by atoms with Crippen molar-refractivity contribution >= 4 is 28.9 Å². The second kappa shape index (κ2) is 9.49. The van der Waals surface area contributed by atoms with Gasteiger partial charge in [0.15, 0.2) is 0 Å². The van der Waals surface area contributed by atoms with Gasteiger partial charge in [0.2, 0.25) is 5.91 Å². The molecule has 1 aliphatic heterocycles. The van der Waals surface area contributed by atoms with Crippen LogP contribution in [0, 0.1) is 0 Å². The van der Waals surface area contributed by atoms with Gasteiger partial charge < -0.3 is 14.7 Å². The number of benzene rings is 3. The Balaban J connectivity index is 1.75. The van der Waals surface area contributed by atoms with Crippen molar-refractivity contribution in [3.8, 4) is 0 Å². The van der Waals surface area contributed by atoms with Crippen LogP contribution in [-0.4, -0.2) is 32.0 Å². The van der Waals surface area contributed by atoms with E-state index in [1.807, 2.05) is 115 Å². The van der Waals surface area contributed by atoms with Crippen molar-refractivity contribution in [2.75, 3.05) is 28.8 Å². The number of carbonyl (C=O) groups excluding carboxylic acids is 2. The van der Waals surface area contributed by atoms with Gasteiger partial charge in [0, 0.05) is 49.2 Å². The fraction of sp³-hybridized carbons (Fsp3) is 0.286. The molecule has 2 atom stereocenters. The fourth-order valence-corrected chi connectivity index (χ4v) is 4.63. The lowest BCUT2D eigenvalue weighted by molar-refractivity contribution is -0.118. The quantitative estimate of drug-likeness (QED) is 0.512. The molecule has 3 aromatic rings. The molecule has 2 amide bonds. The standard InChI is InChI=1S/C28H31N3O2/c1-5-27(32)31(23-11-7-6-8-12-23)26-19-20(2)30(25-14-10-9-13-24(25)26)28(33)21-15-17-22(18-16-21)29(3)4/h6-18,20,26H,5,19H2,1-4H3/t20-,26+/m0/s1. The molecule has 0 radical (unpaired) electrons. The number of carbonyl (C=O) groups is 2. The van der Waals surface area contributed by atoms with Crippen LogP contribution in [0.2, 0.25) is 0 Å². The van der Waals surface area contributed by atoms with Crippen LogP contribution >= 0.6 is 0 Å². The van der Waals surface area contributed by atoms with Crippen molar-refractivity contribution in [3.63, 3.8) is 0 Å². The number of amides is 2. The first-order valence-corrected chi connectivity index (χ1v) is 11.5. The molecule has 0 N–H and O–H groups in total. The zero-order valence-electron chi connectivity index (χ0n) is 19.7. The lowest BCUT2D eigenvalue weighted by Crippen LogP contribution is -2.47. The maximum absolute atomic E-state index is 13.6. The van der Waals surface area contributed by atoms with Crippen molar-refractivity contribution in [1.82, 2.24) is 0 Å². The summed E-state index contributed by atoms with van der Waals surface area (Å²) in [6, 6.07) is 25.3. The van der Waals surface area contributed by atoms with Gasteiger partial charge in [0.1, 0.15) is 0 Å². The summed E-state index contributed by atoms with van der Waals surface area (Å²) in [6.07, 6.45) is 1.09. The highest BCUT2D eigenvalue weighted by Crippen LogP contribution is 2.42. The van der Waals surface area contributed by atoms with E-state index in [9.17, 15) is 9.59 Å². The number of hydrogen-bond acceptors (Lipinski definition) is 3. The first kappa shape index (κ1) is 22.6. The van der Waals surface area contributed by atoms with Crippen molar-refractivity contribution in [2.24, 2.45) is 0 Å². The minimum atomic E-state index is -0.133. The average molecular weight is 442 g/mol. The summed E-state index contributed by atoms with van der Waals surface area (Å²) in [6.45, 7) is 3.96. The van der Waals surface area contributed by atoms with E-state index in [4.69, 9.17) is 0 Å². The molecule has 170 valence electrons. The van der Waals surface area contributed by atoms with Crippen LogP contribution in [0.3, 0.4) is 0 Å². The summed E-state index contributed by atoms with van der Waals surface area (Å²) in [4.78, 5) is 32.5. The zero-order valence-corrected chi connectivity index (χ0v) is 19.7. The highest BCUT2D eigenvalue weighted by molar-refractivity contribution is 6.07. The Bertz CT molecular complexity index is 1130. The largest absolute Gasteiger partial charge is 0.378 e. The van der Waals surface area contributed by atoms with Gasteiger partial charge >= 0.3 is 0 Å². The monoisotopic (exact) mass is 441 g/mol. The minimum absolute atomic E-state index is 0.0215. The van der Waals surface area contributed by atoms with E-state index >= 15 is 0 Å². The highest BCUT2D eigenvalue weighted by atomic mass is 16.2. The molecule has 5 nitrogen and oxygen atoms in total. The minimum Gasteiger partial charge on any atom is -0.378 e. The summed E-state index contributed by atoms with van der Waals surface area (Å²) in [5, 5.41) is 0. The normalized spacial score (nSPS) is 17.3. The second-order valence-electron chi connectivity index (χ2n) is 8.73. The van der Waals surface area contributed by atoms with E-state index in [-0.39, 0.29) is 23.9 Å². The number of anilines is 3. The molecule has 1 aliphatic rings. The lowest BCUT2D eigenvalue weighted by Gasteiger charge is -2.43. The Labute approximate surface area is 196 Å². The fourth-order valence-electron chi connectivity index (χ4n) is 4.63. The molecule has 0 saturated heterocycles. The van der Waals surface area contributed by atoms with E-state index in [2.05, 4.69) is 6.92 Å². The number of hydrogen-bond donors (Lipinski definition) is 0. The van der Waals surface area contributed by atoms with Crippen LogP contribution < -0.4 is 14.7 Å². The topological polar surface area (TPSA) is 43.9 Å². The predicted octanol–water partition coefficient (Wildman–Crippen LogP) is 5.68. The molecular formula is C28H31N3O2. The zero-order chi connectivity index (χ0) is 23.5. The van der Waals surface area contributed by atoms with Crippen molar-refractivity contribution in [2.45, 2.75) is 38.8 Å². The van der Waals surface area contributed by atoms with Crippen LogP contribution in [0.5, 0.6) is 0 Å². The van der Waals surface area contributed by atoms with E-state index in [0.29, 0.717) is 18.4 Å². The molecule has 0 bridgehead atoms. The molecule has 0 spiro atoms. The van der Waals surface area contributed by atoms with Gasteiger partial charge in [-0.2, -0.15) is 0 Å². The number of rotatable bonds is 5. The summed E-state index contributed by atoms with van der Waals surface area (Å²) in [5.41, 5.74) is 4.46. The van der Waals surface area contributed by atoms with E-state index < -0.39 is 0 Å². The molecule has 0 unspecified atom stereocenters. The molecule has 4 rings (SSSR count). The van der Waals surface area contributed by atoms with Gasteiger partial charge in [0.25, 0.3) is 5.91 Å². The Morgan fingerprint density at radius 1 is 0.879 bits per heavy atom. The van der Waals surface area contributed by atoms with E-state index in [0.717, 1.165) is 22.6 Å². The summed E-state index contributed by atoms with van der Waals surface area (Å²) >= 11 is 0. The maximum Gasteiger partial charge on any atom is 0.258 e. The maximum atomic E-state index is 13.6. The summed E-state index contributed by atoms with van der Waals surface area (Å²) in [5.74, 6) is 0.0547. The average Bonchev–Trinajstić information content (AvgIpc) is 2.84. The lowest BCUT2D eigenvalue weighted by atomic mass is 9.89. The van der Waals surface area contributed by atoms with E-state index in [1.54, 1.807) is 0 Å². The Morgan fingerprint density at radius 3 is 2.15 bits per heavy atom. The first-order chi connectivity index (χ1) is 15.9. The third kappa shape index (κ3) is 4.36. The predicted molar refractivity (Wildman–Crippen MR) is 135 cm³/mol. The molecule has 0 fully saturated rings. The highest BCUT2D eigenvalue weighted by Gasteiger charge is 2.38. The molecular weight excluding hydrogens is 410 g/mol. The SMILES string of the molecule is CCC(=O)N(c1ccccc1)[C@@H]1C[C@H](C)N(C(=O)c2ccc(N(C)C)cc2)c2ccccc21. The van der Waals surface area contributed by atoms with Gasteiger partial charge in [-0.05, 0) is 61.4 Å². The van der Waals surface area contributed by atoms with Crippen LogP contribution in [0.1, 0.15) is 48.7 Å². The van der Waals surface area contributed by atoms with Crippen molar-refractivity contribution in [1.29, 1.82) is 0 Å². The Hall–Kier alpha value is -3.60. The molecule has 33 heavy (non-hydrogen) atoms. The van der Waals surface area contributed by atoms with Crippen LogP contribution in [0.25, 0.3) is 0 Å². The third-order valence-corrected chi connectivity index (χ3v) is 6.33. The number of fused-ring (bicyclic) bond motifs is 1. The van der Waals surface area contributed by atoms with Crippen molar-refractivity contribution in [3.05, 3.63) is 90.0 Å². The summed E-state index contributed by atoms with van der Waals surface area (Å²) in [7, 11) is 3.96. The van der Waals surface area contributed by atoms with Gasteiger partial charge in [-0.1, -0.05) is 43.3 Å². The number of para-hydroxylation sites is 2. The smallest absolute Gasteiger partial charge is 0.258 e. The first-order valence-electron chi connectivity index (χ1n) is 11.5. The van der Waals surface area contributed by atoms with Gasteiger partial charge in [-0.3, -0.25) is 9.59 Å². The third-order valence-electron chi connectivity index (χ3n) is 6.33. The van der Waals surface area contributed by atoms with Crippen LogP contribution in [0.15, 0.2) is 78.9 Å². The molecule has 0 aliphatic carbocycles. The molecule has 0 saturated carbocycles. The number of nitrogens with zero attached hydrogens (tertiary/aromatic N) is 3. The van der Waals surface area contributed by atoms with Crippen LogP contribution in [0.4, 0.5) is 17.1 Å². The Morgan fingerprint density at radius 2 is 1.52 bits per heavy atom. The van der Waals surface area contributed by atoms with Gasteiger partial charge in [-0.15, -0.1) is 0 Å². The second-order valence-corrected chi connectivity index (χ2v) is 8.73. The van der Waals surface area contributed by atoms with Crippen molar-refractivity contribution < 1.29 is 9.59 Å². The molecule has 3 aromatic carbocycles. The molecule has 0 aromatic heterocycles. The molecule has 1 heterocycles. The van der Waals surface area contributed by atoms with Gasteiger partial charge in [-0.25, -0.2) is 0 Å².